The molecule has 15 heteroatoms. The summed E-state index contributed by atoms with van der Waals surface area (Å²) < 4.78 is 13.3. The second kappa shape index (κ2) is 14.3. The summed E-state index contributed by atoms with van der Waals surface area (Å²) in [6.07, 6.45) is 2.19. The quantitative estimate of drug-likeness (QED) is 0.158. The first-order valence-electron chi connectivity index (χ1n) is 12.3. The van der Waals surface area contributed by atoms with E-state index < -0.39 is 34.7 Å². The van der Waals surface area contributed by atoms with Gasteiger partial charge in [-0.05, 0) is 57.0 Å². The van der Waals surface area contributed by atoms with Crippen LogP contribution >= 0.6 is 23.7 Å². The number of nitrogens with zero attached hydrogens (tertiary/aromatic N) is 5. The number of hydrogen-bond donors (Lipinski definition) is 1. The molecule has 0 unspecified atom stereocenters. The Labute approximate surface area is 245 Å². The molecule has 41 heavy (non-hydrogen) atoms. The smallest absolute Gasteiger partial charge is 0.421 e. The van der Waals surface area contributed by atoms with Gasteiger partial charge in [-0.1, -0.05) is 30.7 Å². The van der Waals surface area contributed by atoms with Crippen LogP contribution in [0.1, 0.15) is 43.1 Å². The minimum atomic E-state index is -0.990. The maximum Gasteiger partial charge on any atom is 0.421 e. The Balaban J connectivity index is 1.95. The van der Waals surface area contributed by atoms with Crippen molar-refractivity contribution >= 4 is 53.1 Å². The second-order valence-corrected chi connectivity index (χ2v) is 10.1. The molecule has 0 atom stereocenters. The van der Waals surface area contributed by atoms with Gasteiger partial charge in [0, 0.05) is 12.6 Å². The van der Waals surface area contributed by atoms with Crippen molar-refractivity contribution in [2.75, 3.05) is 10.8 Å². The standard InChI is InChI=1S/C26H27ClN6O7S/c1-5-12-31(26(36)39-16(2)3)41-32(25(35)30-23(34)20-8-6-7-9-21(20)33(37)38)19-10-11-22(17(4)13-19)40-24-28-14-18(27)15-29-24/h6-11,13-16H,5,12H2,1-4H3,(H,30,34,35). The molecule has 2 aromatic carbocycles. The average Bonchev–Trinajstić information content (AvgIpc) is 2.92. The monoisotopic (exact) mass is 602 g/mol. The Morgan fingerprint density at radius 3 is 2.44 bits per heavy atom. The Bertz CT molecular complexity index is 1420. The van der Waals surface area contributed by atoms with E-state index in [-0.39, 0.29) is 23.8 Å². The van der Waals surface area contributed by atoms with Crippen LogP contribution in [0.15, 0.2) is 54.9 Å². The largest absolute Gasteiger partial charge is 0.446 e. The minimum Gasteiger partial charge on any atom is -0.446 e. The molecular formula is C26H27ClN6O7S. The Morgan fingerprint density at radius 1 is 1.15 bits per heavy atom. The van der Waals surface area contributed by atoms with E-state index in [1.54, 1.807) is 32.9 Å². The third-order valence-corrected chi connectivity index (χ3v) is 6.35. The van der Waals surface area contributed by atoms with Crippen LogP contribution in [0.25, 0.3) is 0 Å². The number of anilines is 1. The summed E-state index contributed by atoms with van der Waals surface area (Å²) in [6.45, 7) is 7.15. The van der Waals surface area contributed by atoms with Gasteiger partial charge in [-0.2, -0.15) is 0 Å². The predicted octanol–water partition coefficient (Wildman–Crippen LogP) is 6.32. The molecule has 1 N–H and O–H groups in total. The lowest BCUT2D eigenvalue weighted by Gasteiger charge is -2.28. The maximum atomic E-state index is 13.5. The van der Waals surface area contributed by atoms with E-state index in [1.165, 1.54) is 41.0 Å². The van der Waals surface area contributed by atoms with E-state index in [9.17, 15) is 24.5 Å². The van der Waals surface area contributed by atoms with Gasteiger partial charge in [0.1, 0.15) is 11.3 Å². The molecule has 0 aliphatic heterocycles. The van der Waals surface area contributed by atoms with Gasteiger partial charge < -0.3 is 9.47 Å². The van der Waals surface area contributed by atoms with Crippen LogP contribution in [0.4, 0.5) is 21.0 Å². The molecule has 1 aromatic heterocycles. The fourth-order valence-electron chi connectivity index (χ4n) is 3.29. The zero-order valence-electron chi connectivity index (χ0n) is 22.6. The van der Waals surface area contributed by atoms with E-state index in [0.29, 0.717) is 34.9 Å². The van der Waals surface area contributed by atoms with E-state index in [4.69, 9.17) is 21.1 Å². The Kier molecular flexibility index (Phi) is 10.8. The van der Waals surface area contributed by atoms with Gasteiger partial charge in [0.2, 0.25) is 0 Å². The molecule has 0 aliphatic rings. The minimum absolute atomic E-state index is 0.0508. The number of urea groups is 1. The normalized spacial score (nSPS) is 10.6. The molecular weight excluding hydrogens is 576 g/mol. The summed E-state index contributed by atoms with van der Waals surface area (Å²) >= 11 is 6.53. The van der Waals surface area contributed by atoms with Crippen molar-refractivity contribution < 1.29 is 28.8 Å². The van der Waals surface area contributed by atoms with Crippen molar-refractivity contribution in [3.05, 3.63) is 81.1 Å². The van der Waals surface area contributed by atoms with Gasteiger partial charge in [-0.25, -0.2) is 28.2 Å². The summed E-state index contributed by atoms with van der Waals surface area (Å²) in [6, 6.07) is 9.01. The number of carbonyl (C=O) groups excluding carboxylic acids is 3. The molecule has 0 saturated carbocycles. The number of nitro groups is 1. The van der Waals surface area contributed by atoms with Crippen LogP contribution in [-0.4, -0.2) is 49.9 Å². The van der Waals surface area contributed by atoms with Crippen LogP contribution < -0.4 is 14.4 Å². The van der Waals surface area contributed by atoms with Crippen molar-refractivity contribution in [3.8, 4) is 11.8 Å². The van der Waals surface area contributed by atoms with Crippen molar-refractivity contribution in [1.29, 1.82) is 0 Å². The highest BCUT2D eigenvalue weighted by atomic mass is 35.5. The fraction of sp³-hybridized carbons (Fsp3) is 0.269. The van der Waals surface area contributed by atoms with E-state index in [2.05, 4.69) is 15.3 Å². The summed E-state index contributed by atoms with van der Waals surface area (Å²) in [5, 5.41) is 13.9. The summed E-state index contributed by atoms with van der Waals surface area (Å²) in [5.41, 5.74) is 0.0645. The molecule has 0 aliphatic carbocycles. The third kappa shape index (κ3) is 8.53. The molecule has 0 bridgehead atoms. The molecule has 0 spiro atoms. The van der Waals surface area contributed by atoms with Crippen LogP contribution in [0.3, 0.4) is 0 Å². The van der Waals surface area contributed by atoms with Crippen molar-refractivity contribution in [1.82, 2.24) is 19.6 Å². The second-order valence-electron chi connectivity index (χ2n) is 8.68. The lowest BCUT2D eigenvalue weighted by atomic mass is 10.1. The Hall–Kier alpha value is -4.43. The lowest BCUT2D eigenvalue weighted by Crippen LogP contribution is -2.43. The number of aryl methyl sites for hydroxylation is 1. The number of benzene rings is 2. The predicted molar refractivity (Wildman–Crippen MR) is 153 cm³/mol. The van der Waals surface area contributed by atoms with Crippen LogP contribution in [0.2, 0.25) is 5.02 Å². The summed E-state index contributed by atoms with van der Waals surface area (Å²) in [7, 11) is 0. The molecule has 1 heterocycles. The molecule has 0 radical (unpaired) electrons. The van der Waals surface area contributed by atoms with E-state index >= 15 is 0 Å². The number of para-hydroxylation sites is 1. The van der Waals surface area contributed by atoms with Gasteiger partial charge >= 0.3 is 18.1 Å². The first kappa shape index (κ1) is 31.1. The number of ether oxygens (including phenoxy) is 2. The van der Waals surface area contributed by atoms with Gasteiger partial charge in [0.05, 0.1) is 46.3 Å². The number of rotatable bonds is 10. The number of carbonyl (C=O) groups is 3. The van der Waals surface area contributed by atoms with Crippen LogP contribution in [0, 0.1) is 17.0 Å². The number of imide groups is 1. The van der Waals surface area contributed by atoms with Gasteiger partial charge in [0.15, 0.2) is 0 Å². The van der Waals surface area contributed by atoms with Gasteiger partial charge in [0.25, 0.3) is 11.6 Å². The SMILES string of the molecule is CCCN(SN(C(=O)NC(=O)c1ccccc1[N+](=O)[O-])c1ccc(Oc2ncc(Cl)cn2)c(C)c1)C(=O)OC(C)C. The number of aromatic nitrogens is 2. The molecule has 0 fully saturated rings. The number of amides is 4. The number of halogens is 1. The molecule has 13 nitrogen and oxygen atoms in total. The van der Waals surface area contributed by atoms with Crippen molar-refractivity contribution in [3.63, 3.8) is 0 Å². The summed E-state index contributed by atoms with van der Waals surface area (Å²) in [5.74, 6) is -0.613. The number of nitrogens with one attached hydrogen (secondary N) is 1. The summed E-state index contributed by atoms with van der Waals surface area (Å²) in [4.78, 5) is 57.9. The zero-order chi connectivity index (χ0) is 30.1. The third-order valence-electron chi connectivity index (χ3n) is 5.09. The molecule has 3 aromatic rings. The molecule has 4 amide bonds. The average molecular weight is 603 g/mol. The number of nitro benzene ring substituents is 1. The topological polar surface area (TPSA) is 157 Å². The van der Waals surface area contributed by atoms with Gasteiger partial charge in [-0.15, -0.1) is 0 Å². The van der Waals surface area contributed by atoms with E-state index in [0.717, 1.165) is 10.4 Å². The molecule has 3 rings (SSSR count). The molecule has 0 saturated heterocycles. The van der Waals surface area contributed by atoms with Crippen molar-refractivity contribution in [2.45, 2.75) is 40.2 Å². The zero-order valence-corrected chi connectivity index (χ0v) is 24.1. The molecule has 216 valence electrons. The maximum absolute atomic E-state index is 13.5. The first-order chi connectivity index (χ1) is 19.5. The Morgan fingerprint density at radius 2 is 1.83 bits per heavy atom. The van der Waals surface area contributed by atoms with Crippen LogP contribution in [0.5, 0.6) is 11.8 Å². The fourth-order valence-corrected chi connectivity index (χ4v) is 4.29. The van der Waals surface area contributed by atoms with Gasteiger partial charge in [-0.3, -0.25) is 20.2 Å². The lowest BCUT2D eigenvalue weighted by molar-refractivity contribution is -0.385. The van der Waals surface area contributed by atoms with E-state index in [1.807, 2.05) is 6.92 Å². The van der Waals surface area contributed by atoms with Crippen LogP contribution in [-0.2, 0) is 4.74 Å². The highest BCUT2D eigenvalue weighted by Crippen LogP contribution is 2.32. The number of hydrogen-bond acceptors (Lipinski definition) is 10. The first-order valence-corrected chi connectivity index (χ1v) is 13.4. The van der Waals surface area contributed by atoms with Crippen molar-refractivity contribution in [2.24, 2.45) is 0 Å². The highest BCUT2D eigenvalue weighted by Gasteiger charge is 2.29. The highest BCUT2D eigenvalue weighted by molar-refractivity contribution is 7.99.